The van der Waals surface area contributed by atoms with Gasteiger partial charge in [-0.25, -0.2) is 13.4 Å². The van der Waals surface area contributed by atoms with Gasteiger partial charge in [0.15, 0.2) is 0 Å². The number of sulfonamides is 1. The fraction of sp³-hybridized carbons (Fsp3) is 0.567. The van der Waals surface area contributed by atoms with Crippen LogP contribution in [0.4, 0.5) is 0 Å². The maximum absolute atomic E-state index is 13.8. The number of H-pyrrole nitrogens is 1. The van der Waals surface area contributed by atoms with Crippen molar-refractivity contribution < 1.29 is 42.5 Å². The van der Waals surface area contributed by atoms with E-state index >= 15 is 0 Å². The third-order valence-corrected chi connectivity index (χ3v) is 9.97. The van der Waals surface area contributed by atoms with Gasteiger partial charge in [-0.05, 0) is 49.9 Å². The van der Waals surface area contributed by atoms with Crippen molar-refractivity contribution in [2.75, 3.05) is 52.5 Å². The molecule has 2 aromatic heterocycles. The molecule has 20 heteroatoms. The van der Waals surface area contributed by atoms with E-state index in [1.54, 1.807) is 24.6 Å². The summed E-state index contributed by atoms with van der Waals surface area (Å²) in [4.78, 5) is 64.2. The summed E-state index contributed by atoms with van der Waals surface area (Å²) in [5.74, 6) is 0.0331. The van der Waals surface area contributed by atoms with Crippen molar-refractivity contribution in [3.05, 3.63) is 60.5 Å². The zero-order valence-corrected chi connectivity index (χ0v) is 28.9. The van der Waals surface area contributed by atoms with Crippen LogP contribution in [-0.2, 0) is 42.7 Å². The Morgan fingerprint density at radius 3 is 2.52 bits per heavy atom. The number of aromatic nitrogens is 3. The van der Waals surface area contributed by atoms with Crippen molar-refractivity contribution >= 4 is 27.0 Å². The molecule has 50 heavy (non-hydrogen) atoms. The number of hydrogen-bond acceptors (Lipinski definition) is 14. The van der Waals surface area contributed by atoms with Crippen molar-refractivity contribution in [2.45, 2.75) is 57.0 Å². The van der Waals surface area contributed by atoms with E-state index in [4.69, 9.17) is 14.5 Å². The van der Waals surface area contributed by atoms with E-state index in [2.05, 4.69) is 14.7 Å². The molecule has 0 amide bonds. The Balaban J connectivity index is 1.35. The van der Waals surface area contributed by atoms with E-state index in [1.807, 2.05) is 18.0 Å². The molecule has 0 bridgehead atoms. The molecule has 0 aliphatic carbocycles. The van der Waals surface area contributed by atoms with Gasteiger partial charge < -0.3 is 28.7 Å². The average molecular weight is 724 g/mol. The maximum atomic E-state index is 13.8. The molecular weight excluding hydrogens is 682 g/mol. The minimum atomic E-state index is -3.94. The van der Waals surface area contributed by atoms with Crippen LogP contribution in [0.1, 0.15) is 45.1 Å². The highest BCUT2D eigenvalue weighted by molar-refractivity contribution is 7.89. The summed E-state index contributed by atoms with van der Waals surface area (Å²) in [6, 6.07) is 4.51. The molecule has 19 nitrogen and oxygen atoms in total. The van der Waals surface area contributed by atoms with Gasteiger partial charge in [0.25, 0.3) is 15.7 Å². The van der Waals surface area contributed by atoms with Gasteiger partial charge in [0.2, 0.25) is 10.0 Å². The van der Waals surface area contributed by atoms with Gasteiger partial charge in [-0.1, -0.05) is 13.3 Å². The van der Waals surface area contributed by atoms with Crippen LogP contribution in [0.5, 0.6) is 5.75 Å². The number of nitrogens with zero attached hydrogens (tertiary/aromatic N) is 6. The summed E-state index contributed by atoms with van der Waals surface area (Å²) in [6.07, 6.45) is 2.26. The molecule has 1 N–H and O–H groups in total. The molecule has 1 aromatic carbocycles. The Morgan fingerprint density at radius 2 is 1.86 bits per heavy atom. The molecule has 1 atom stereocenters. The van der Waals surface area contributed by atoms with Gasteiger partial charge in [-0.3, -0.25) is 14.5 Å². The van der Waals surface area contributed by atoms with Crippen LogP contribution in [0.25, 0.3) is 22.4 Å². The van der Waals surface area contributed by atoms with Crippen LogP contribution in [0.3, 0.4) is 0 Å². The van der Waals surface area contributed by atoms with Gasteiger partial charge in [-0.15, -0.1) is 20.2 Å². The molecule has 4 rings (SSSR count). The summed E-state index contributed by atoms with van der Waals surface area (Å²) in [7, 11) is -2.16. The number of rotatable bonds is 19. The molecule has 1 fully saturated rings. The number of benzene rings is 1. The Morgan fingerprint density at radius 1 is 1.12 bits per heavy atom. The molecule has 274 valence electrons. The Kier molecular flexibility index (Phi) is 13.1. The number of carbonyl (C=O) groups excluding carboxylic acids is 1. The minimum absolute atomic E-state index is 0.0266. The van der Waals surface area contributed by atoms with Crippen LogP contribution in [-0.4, -0.2) is 107 Å². The first-order valence-corrected chi connectivity index (χ1v) is 17.6. The van der Waals surface area contributed by atoms with Crippen LogP contribution < -0.4 is 10.3 Å². The van der Waals surface area contributed by atoms with E-state index in [0.717, 1.165) is 18.4 Å². The maximum Gasteiger partial charge on any atom is 0.305 e. The molecule has 3 heterocycles. The van der Waals surface area contributed by atoms with Crippen LogP contribution in [0, 0.1) is 20.2 Å². The van der Waals surface area contributed by atoms with Gasteiger partial charge >= 0.3 is 5.97 Å². The second-order valence-electron chi connectivity index (χ2n) is 11.5. The highest BCUT2D eigenvalue weighted by atomic mass is 32.2. The lowest BCUT2D eigenvalue weighted by Crippen LogP contribution is -2.49. The summed E-state index contributed by atoms with van der Waals surface area (Å²) < 4.78 is 41.7. The number of piperazine rings is 1. The summed E-state index contributed by atoms with van der Waals surface area (Å²) in [6.45, 7) is 5.06. The molecule has 1 aliphatic heterocycles. The zero-order chi connectivity index (χ0) is 36.4. The first-order chi connectivity index (χ1) is 23.8. The zero-order valence-electron chi connectivity index (χ0n) is 28.1. The van der Waals surface area contributed by atoms with Crippen molar-refractivity contribution in [3.63, 3.8) is 0 Å². The smallest absolute Gasteiger partial charge is 0.305 e. The van der Waals surface area contributed by atoms with Gasteiger partial charge in [0.1, 0.15) is 36.4 Å². The monoisotopic (exact) mass is 723 g/mol. The van der Waals surface area contributed by atoms with Crippen LogP contribution in [0.15, 0.2) is 34.1 Å². The summed E-state index contributed by atoms with van der Waals surface area (Å²) in [5, 5.41) is 18.7. The predicted molar refractivity (Wildman–Crippen MR) is 177 cm³/mol. The van der Waals surface area contributed by atoms with Crippen molar-refractivity contribution in [2.24, 2.45) is 7.05 Å². The SMILES string of the molecule is CCCc1cn(C)c2c(=O)[nH]c(-c3cc(S(=O)(=O)N4CCN(CCOC(=O)CCCC(CO[N+](=O)[O-])O[N+](=O)[O-])CC4)ccc3OCC)nc12. The predicted octanol–water partition coefficient (Wildman–Crippen LogP) is 2.08. The molecule has 1 saturated heterocycles. The van der Waals surface area contributed by atoms with E-state index in [1.165, 1.54) is 16.4 Å². The largest absolute Gasteiger partial charge is 0.493 e. The molecule has 0 spiro atoms. The highest BCUT2D eigenvalue weighted by Crippen LogP contribution is 2.32. The molecule has 1 unspecified atom stereocenters. The fourth-order valence-corrected chi connectivity index (χ4v) is 7.15. The number of aromatic amines is 1. The molecule has 3 aromatic rings. The second-order valence-corrected chi connectivity index (χ2v) is 13.5. The number of hydrogen-bond donors (Lipinski definition) is 1. The normalized spacial score (nSPS) is 14.7. The van der Waals surface area contributed by atoms with E-state index in [0.29, 0.717) is 48.6 Å². The topological polar surface area (TPSA) is 232 Å². The fourth-order valence-electron chi connectivity index (χ4n) is 5.70. The van der Waals surface area contributed by atoms with E-state index in [9.17, 15) is 38.2 Å². The van der Waals surface area contributed by atoms with Gasteiger partial charge in [-0.2, -0.15) is 4.31 Å². The van der Waals surface area contributed by atoms with Gasteiger partial charge in [0, 0.05) is 52.4 Å². The third kappa shape index (κ3) is 9.66. The third-order valence-electron chi connectivity index (χ3n) is 8.07. The van der Waals surface area contributed by atoms with Crippen molar-refractivity contribution in [3.8, 4) is 17.1 Å². The van der Waals surface area contributed by atoms with E-state index < -0.39 is 38.9 Å². The number of esters is 1. The van der Waals surface area contributed by atoms with Crippen LogP contribution >= 0.6 is 0 Å². The molecule has 1 aliphatic rings. The van der Waals surface area contributed by atoms with Gasteiger partial charge in [0.05, 0.1) is 22.6 Å². The number of carbonyl (C=O) groups is 1. The number of nitrogens with one attached hydrogen (secondary N) is 1. The lowest BCUT2D eigenvalue weighted by atomic mass is 10.1. The average Bonchev–Trinajstić information content (AvgIpc) is 3.38. The minimum Gasteiger partial charge on any atom is -0.493 e. The van der Waals surface area contributed by atoms with E-state index in [-0.39, 0.29) is 55.2 Å². The van der Waals surface area contributed by atoms with Crippen molar-refractivity contribution in [1.82, 2.24) is 23.7 Å². The van der Waals surface area contributed by atoms with Crippen LogP contribution in [0.2, 0.25) is 0 Å². The first-order valence-electron chi connectivity index (χ1n) is 16.2. The molecular formula is C30H41N7O12S. The quantitative estimate of drug-likeness (QED) is 0.106. The Bertz CT molecular complexity index is 1840. The summed E-state index contributed by atoms with van der Waals surface area (Å²) >= 11 is 0. The molecule has 0 saturated carbocycles. The Labute approximate surface area is 287 Å². The highest BCUT2D eigenvalue weighted by Gasteiger charge is 2.30. The lowest BCUT2D eigenvalue weighted by molar-refractivity contribution is -0.790. The number of fused-ring (bicyclic) bond motifs is 1. The number of ether oxygens (including phenoxy) is 2. The first kappa shape index (κ1) is 38.0. The summed E-state index contributed by atoms with van der Waals surface area (Å²) in [5.41, 5.74) is 1.92. The lowest BCUT2D eigenvalue weighted by Gasteiger charge is -2.33. The second kappa shape index (κ2) is 17.2. The number of aryl methyl sites for hydroxylation is 2. The van der Waals surface area contributed by atoms with Crippen molar-refractivity contribution in [1.29, 1.82) is 0 Å². The molecule has 0 radical (unpaired) electrons. The standard InChI is InChI=1S/C30H41N7O12S/c1-4-7-21-19-33(3)28-27(21)31-29(32-30(28)39)24-18-23(10-11-25(24)46-5-2)50(44,45)35-14-12-34(13-15-35)16-17-47-26(38)9-6-8-22(49-37(42)43)20-48-36(40)41/h10-11,18-19,22H,4-9,12-17,20H2,1-3H3,(H,31,32,39). The Hall–Kier alpha value is -4.82.